The molecule has 0 fully saturated rings. The molecule has 182 valence electrons. The summed E-state index contributed by atoms with van der Waals surface area (Å²) in [6.07, 6.45) is 1.76. The summed E-state index contributed by atoms with van der Waals surface area (Å²) in [7, 11) is 0. The maximum atomic E-state index is 13.8. The van der Waals surface area contributed by atoms with E-state index in [4.69, 9.17) is 5.73 Å². The molecule has 0 bridgehead atoms. The number of nitrogens with one attached hydrogen (secondary N) is 1. The van der Waals surface area contributed by atoms with E-state index in [9.17, 15) is 14.7 Å². The smallest absolute Gasteiger partial charge is 0.247 e. The zero-order chi connectivity index (χ0) is 25.4. The number of rotatable bonds is 9. The largest absolute Gasteiger partial charge is 0.396 e. The molecule has 1 amide bonds. The Bertz CT molecular complexity index is 1170. The topological polar surface area (TPSA) is 118 Å². The second-order valence-corrected chi connectivity index (χ2v) is 9.35. The van der Waals surface area contributed by atoms with Crippen molar-refractivity contribution in [3.05, 3.63) is 99.9 Å². The number of hydrogen-bond acceptors (Lipinski definition) is 7. The van der Waals surface area contributed by atoms with Gasteiger partial charge in [0, 0.05) is 41.8 Å². The Hall–Kier alpha value is -3.49. The number of thioether (sulfide) groups is 1. The summed E-state index contributed by atoms with van der Waals surface area (Å²) in [5.41, 5.74) is 7.64. The van der Waals surface area contributed by atoms with E-state index in [1.165, 1.54) is 0 Å². The molecule has 0 aliphatic rings. The van der Waals surface area contributed by atoms with Gasteiger partial charge in [0.05, 0.1) is 5.41 Å². The number of amides is 1. The Labute approximate surface area is 209 Å². The first-order valence-corrected chi connectivity index (χ1v) is 12.1. The second-order valence-electron chi connectivity index (χ2n) is 8.28. The van der Waals surface area contributed by atoms with Crippen LogP contribution in [0.15, 0.2) is 77.3 Å². The third-order valence-electron chi connectivity index (χ3n) is 5.88. The molecule has 0 saturated carbocycles. The molecule has 1 heterocycles. The van der Waals surface area contributed by atoms with Gasteiger partial charge in [-0.15, -0.1) is 0 Å². The lowest BCUT2D eigenvalue weighted by Gasteiger charge is -2.29. The van der Waals surface area contributed by atoms with Crippen LogP contribution in [-0.2, 0) is 21.5 Å². The molecule has 3 aromatic rings. The summed E-state index contributed by atoms with van der Waals surface area (Å²) < 4.78 is 0. The lowest BCUT2D eigenvalue weighted by Crippen LogP contribution is -2.32. The number of anilines is 1. The van der Waals surface area contributed by atoms with Crippen LogP contribution >= 0.6 is 11.8 Å². The van der Waals surface area contributed by atoms with Crippen molar-refractivity contribution >= 4 is 28.6 Å². The molecule has 1 aromatic heterocycles. The highest BCUT2D eigenvalue weighted by molar-refractivity contribution is 8.17. The maximum Gasteiger partial charge on any atom is 0.247 e. The van der Waals surface area contributed by atoms with Crippen LogP contribution in [0.3, 0.4) is 0 Å². The predicted molar refractivity (Wildman–Crippen MR) is 139 cm³/mol. The van der Waals surface area contributed by atoms with Crippen LogP contribution in [0.25, 0.3) is 0 Å². The summed E-state index contributed by atoms with van der Waals surface area (Å²) >= 11 is 1.000. The number of nitrogens with two attached hydrogens (primary N) is 1. The highest BCUT2D eigenvalue weighted by Gasteiger charge is 2.38. The third-order valence-corrected chi connectivity index (χ3v) is 7.23. The summed E-state index contributed by atoms with van der Waals surface area (Å²) in [5, 5.41) is 12.3. The van der Waals surface area contributed by atoms with Gasteiger partial charge in [-0.2, -0.15) is 0 Å². The average molecular weight is 491 g/mol. The zero-order valence-electron chi connectivity index (χ0n) is 20.1. The SMILES string of the molecule is C/C(C(=O)NCc1cnc(C)nc1N)=C(\CCO)SC(=O)C(C)(c1ccccc1)c1ccccc1. The van der Waals surface area contributed by atoms with Crippen molar-refractivity contribution in [3.8, 4) is 0 Å². The van der Waals surface area contributed by atoms with E-state index >= 15 is 0 Å². The predicted octanol–water partition coefficient (Wildman–Crippen LogP) is 3.91. The van der Waals surface area contributed by atoms with Gasteiger partial charge in [-0.3, -0.25) is 9.59 Å². The number of aryl methyl sites for hydroxylation is 1. The van der Waals surface area contributed by atoms with Gasteiger partial charge in [0.1, 0.15) is 11.6 Å². The van der Waals surface area contributed by atoms with Crippen LogP contribution in [0.2, 0.25) is 0 Å². The van der Waals surface area contributed by atoms with Crippen molar-refractivity contribution < 1.29 is 14.7 Å². The molecular formula is C27H30N4O3S. The molecule has 0 unspecified atom stereocenters. The molecule has 0 aliphatic heterocycles. The van der Waals surface area contributed by atoms with Gasteiger partial charge in [0.15, 0.2) is 0 Å². The first-order chi connectivity index (χ1) is 16.8. The van der Waals surface area contributed by atoms with Crippen molar-refractivity contribution in [2.75, 3.05) is 12.3 Å². The number of hydrogen-bond donors (Lipinski definition) is 3. The maximum absolute atomic E-state index is 13.8. The molecule has 4 N–H and O–H groups in total. The van der Waals surface area contributed by atoms with Crippen LogP contribution < -0.4 is 11.1 Å². The number of carbonyl (C=O) groups is 2. The van der Waals surface area contributed by atoms with Crippen LogP contribution in [0.1, 0.15) is 42.8 Å². The van der Waals surface area contributed by atoms with Crippen molar-refractivity contribution in [1.29, 1.82) is 0 Å². The molecule has 3 rings (SSSR count). The highest BCUT2D eigenvalue weighted by Crippen LogP contribution is 2.40. The van der Waals surface area contributed by atoms with Crippen molar-refractivity contribution in [2.45, 2.75) is 39.2 Å². The van der Waals surface area contributed by atoms with Gasteiger partial charge < -0.3 is 16.2 Å². The van der Waals surface area contributed by atoms with E-state index in [-0.39, 0.29) is 30.6 Å². The van der Waals surface area contributed by atoms with E-state index in [1.807, 2.05) is 67.6 Å². The first-order valence-electron chi connectivity index (χ1n) is 11.3. The summed E-state index contributed by atoms with van der Waals surface area (Å²) in [6.45, 7) is 5.24. The normalized spacial score (nSPS) is 12.1. The lowest BCUT2D eigenvalue weighted by molar-refractivity contribution is -0.117. The van der Waals surface area contributed by atoms with E-state index in [0.29, 0.717) is 27.7 Å². The molecule has 0 aliphatic carbocycles. The van der Waals surface area contributed by atoms with Gasteiger partial charge in [0.25, 0.3) is 0 Å². The quantitative estimate of drug-likeness (QED) is 0.389. The van der Waals surface area contributed by atoms with E-state index < -0.39 is 5.41 Å². The number of carbonyl (C=O) groups excluding carboxylic acids is 2. The highest BCUT2D eigenvalue weighted by atomic mass is 32.2. The van der Waals surface area contributed by atoms with Crippen molar-refractivity contribution in [1.82, 2.24) is 15.3 Å². The molecule has 35 heavy (non-hydrogen) atoms. The summed E-state index contributed by atoms with van der Waals surface area (Å²) in [6, 6.07) is 19.1. The molecule has 0 radical (unpaired) electrons. The lowest BCUT2D eigenvalue weighted by atomic mass is 9.77. The number of nitrogen functional groups attached to an aromatic ring is 1. The minimum Gasteiger partial charge on any atom is -0.396 e. The number of benzene rings is 2. The van der Waals surface area contributed by atoms with E-state index in [1.54, 1.807) is 20.0 Å². The van der Waals surface area contributed by atoms with Crippen molar-refractivity contribution in [3.63, 3.8) is 0 Å². The Balaban J connectivity index is 1.87. The van der Waals surface area contributed by atoms with Gasteiger partial charge in [0.2, 0.25) is 11.0 Å². The monoisotopic (exact) mass is 490 g/mol. The number of aliphatic hydroxyl groups excluding tert-OH is 1. The number of aromatic nitrogens is 2. The van der Waals surface area contributed by atoms with Gasteiger partial charge in [-0.05, 0) is 31.9 Å². The van der Waals surface area contributed by atoms with Crippen LogP contribution in [0.4, 0.5) is 5.82 Å². The molecule has 0 spiro atoms. The third kappa shape index (κ3) is 6.15. The van der Waals surface area contributed by atoms with E-state index in [0.717, 1.165) is 22.9 Å². The number of nitrogens with zero attached hydrogens (tertiary/aromatic N) is 2. The summed E-state index contributed by atoms with van der Waals surface area (Å²) in [5.74, 6) is 0.504. The minimum absolute atomic E-state index is 0.137. The molecule has 0 saturated heterocycles. The molecule has 2 aromatic carbocycles. The minimum atomic E-state index is -0.946. The van der Waals surface area contributed by atoms with Crippen LogP contribution in [0, 0.1) is 6.92 Å². The van der Waals surface area contributed by atoms with Crippen molar-refractivity contribution in [2.24, 2.45) is 0 Å². The van der Waals surface area contributed by atoms with Crippen LogP contribution in [0.5, 0.6) is 0 Å². The van der Waals surface area contributed by atoms with Gasteiger partial charge in [-0.1, -0.05) is 72.4 Å². The zero-order valence-corrected chi connectivity index (χ0v) is 20.9. The number of aliphatic hydroxyl groups is 1. The standard InChI is InChI=1S/C27H30N4O3S/c1-18(25(33)30-17-20-16-29-19(2)31-24(20)28)23(14-15-32)35-26(34)27(3,21-10-6-4-7-11-21)22-12-8-5-9-13-22/h4-13,16,32H,14-15,17H2,1-3H3,(H,30,33)(H2,28,29,31)/b23-18-. The molecule has 0 atom stereocenters. The Kier molecular flexibility index (Phi) is 8.78. The second kappa shape index (κ2) is 11.8. The average Bonchev–Trinajstić information content (AvgIpc) is 2.87. The summed E-state index contributed by atoms with van der Waals surface area (Å²) in [4.78, 5) is 35.5. The Morgan fingerprint density at radius 2 is 1.63 bits per heavy atom. The fourth-order valence-corrected chi connectivity index (χ4v) is 4.76. The molecular weight excluding hydrogens is 460 g/mol. The first kappa shape index (κ1) is 26.1. The fourth-order valence-electron chi connectivity index (χ4n) is 3.66. The Morgan fingerprint density at radius 1 is 1.06 bits per heavy atom. The van der Waals surface area contributed by atoms with Gasteiger partial charge >= 0.3 is 0 Å². The van der Waals surface area contributed by atoms with E-state index in [2.05, 4.69) is 15.3 Å². The Morgan fingerprint density at radius 3 is 2.14 bits per heavy atom. The molecule has 7 nitrogen and oxygen atoms in total. The van der Waals surface area contributed by atoms with Crippen LogP contribution in [-0.4, -0.2) is 32.7 Å². The molecule has 8 heteroatoms. The van der Waals surface area contributed by atoms with Gasteiger partial charge in [-0.25, -0.2) is 9.97 Å². The fraction of sp³-hybridized carbons (Fsp3) is 0.259.